The fourth-order valence-corrected chi connectivity index (χ4v) is 2.65. The summed E-state index contributed by atoms with van der Waals surface area (Å²) in [6.45, 7) is 0.605. The van der Waals surface area contributed by atoms with E-state index in [2.05, 4.69) is 10.3 Å². The van der Waals surface area contributed by atoms with Crippen LogP contribution in [0.4, 0.5) is 11.4 Å². The van der Waals surface area contributed by atoms with Crippen molar-refractivity contribution in [2.75, 3.05) is 25.5 Å². The summed E-state index contributed by atoms with van der Waals surface area (Å²) >= 11 is 1.56. The molecule has 0 saturated heterocycles. The average molecular weight is 320 g/mol. The van der Waals surface area contributed by atoms with Crippen molar-refractivity contribution in [1.82, 2.24) is 10.3 Å². The zero-order valence-corrected chi connectivity index (χ0v) is 13.1. The van der Waals surface area contributed by atoms with Gasteiger partial charge in [0.2, 0.25) is 0 Å². The lowest BCUT2D eigenvalue weighted by molar-refractivity contribution is -0.384. The topological polar surface area (TPSA) is 88.4 Å². The van der Waals surface area contributed by atoms with E-state index in [1.807, 2.05) is 5.38 Å². The first-order valence-electron chi connectivity index (χ1n) is 6.63. The maximum absolute atomic E-state index is 11.6. The van der Waals surface area contributed by atoms with Gasteiger partial charge in [0.15, 0.2) is 0 Å². The molecule has 22 heavy (non-hydrogen) atoms. The molecule has 0 aliphatic carbocycles. The van der Waals surface area contributed by atoms with Gasteiger partial charge in [-0.3, -0.25) is 14.9 Å². The fourth-order valence-electron chi connectivity index (χ4n) is 2.04. The Labute approximate surface area is 131 Å². The molecule has 1 aromatic carbocycles. The first-order valence-corrected chi connectivity index (χ1v) is 7.51. The Bertz CT molecular complexity index is 673. The Morgan fingerprint density at radius 1 is 1.50 bits per heavy atom. The summed E-state index contributed by atoms with van der Waals surface area (Å²) in [6.07, 6.45) is 2.45. The molecule has 0 unspecified atom stereocenters. The van der Waals surface area contributed by atoms with E-state index in [1.165, 1.54) is 13.1 Å². The number of nitro benzene ring substituents is 1. The molecule has 0 aliphatic rings. The second-order valence-corrected chi connectivity index (χ2v) is 5.62. The summed E-state index contributed by atoms with van der Waals surface area (Å²) in [5.74, 6) is -0.347. The number of rotatable bonds is 6. The van der Waals surface area contributed by atoms with Gasteiger partial charge in [0.05, 0.1) is 9.93 Å². The van der Waals surface area contributed by atoms with Gasteiger partial charge in [0, 0.05) is 50.3 Å². The smallest absolute Gasteiger partial charge is 0.293 e. The molecular formula is C14H16N4O3S. The Hall–Kier alpha value is -2.48. The van der Waals surface area contributed by atoms with Crippen LogP contribution >= 0.6 is 11.3 Å². The lowest BCUT2D eigenvalue weighted by Crippen LogP contribution is -2.22. The highest BCUT2D eigenvalue weighted by Gasteiger charge is 2.19. The van der Waals surface area contributed by atoms with Crippen molar-refractivity contribution in [2.24, 2.45) is 0 Å². The van der Waals surface area contributed by atoms with Crippen molar-refractivity contribution in [3.63, 3.8) is 0 Å². The monoisotopic (exact) mass is 320 g/mol. The van der Waals surface area contributed by atoms with Gasteiger partial charge in [-0.05, 0) is 12.1 Å². The number of amides is 1. The summed E-state index contributed by atoms with van der Waals surface area (Å²) in [6, 6.07) is 4.49. The van der Waals surface area contributed by atoms with E-state index in [0.29, 0.717) is 18.7 Å². The minimum atomic E-state index is -0.471. The zero-order valence-electron chi connectivity index (χ0n) is 12.3. The van der Waals surface area contributed by atoms with E-state index in [1.54, 1.807) is 41.6 Å². The largest absolute Gasteiger partial charge is 0.369 e. The van der Waals surface area contributed by atoms with Crippen LogP contribution in [0, 0.1) is 10.1 Å². The van der Waals surface area contributed by atoms with Crippen LogP contribution in [0.15, 0.2) is 29.8 Å². The van der Waals surface area contributed by atoms with Gasteiger partial charge < -0.3 is 10.2 Å². The lowest BCUT2D eigenvalue weighted by Gasteiger charge is -2.19. The van der Waals surface area contributed by atoms with E-state index >= 15 is 0 Å². The molecule has 7 nitrogen and oxygen atoms in total. The number of carbonyl (C=O) groups is 1. The predicted octanol–water partition coefficient (Wildman–Crippen LogP) is 2.09. The third kappa shape index (κ3) is 3.59. The van der Waals surface area contributed by atoms with Crippen LogP contribution in [0.1, 0.15) is 15.4 Å². The third-order valence-corrected chi connectivity index (χ3v) is 4.06. The molecule has 1 heterocycles. The molecule has 0 atom stereocenters. The van der Waals surface area contributed by atoms with E-state index < -0.39 is 4.92 Å². The first-order chi connectivity index (χ1) is 10.5. The number of nitro groups is 1. The van der Waals surface area contributed by atoms with Crippen molar-refractivity contribution in [3.8, 4) is 0 Å². The predicted molar refractivity (Wildman–Crippen MR) is 85.6 cm³/mol. The average Bonchev–Trinajstić information content (AvgIpc) is 3.04. The highest BCUT2D eigenvalue weighted by molar-refractivity contribution is 7.09. The molecule has 0 radical (unpaired) electrons. The minimum absolute atomic E-state index is 0.0808. The Kier molecular flexibility index (Phi) is 5.05. The Morgan fingerprint density at radius 3 is 2.86 bits per heavy atom. The van der Waals surface area contributed by atoms with Crippen molar-refractivity contribution in [2.45, 2.75) is 6.42 Å². The van der Waals surface area contributed by atoms with Crippen LogP contribution in [0.2, 0.25) is 0 Å². The van der Waals surface area contributed by atoms with Crippen LogP contribution in [0.25, 0.3) is 0 Å². The summed E-state index contributed by atoms with van der Waals surface area (Å²) in [5.41, 5.74) is 0.670. The van der Waals surface area contributed by atoms with Crippen molar-refractivity contribution < 1.29 is 9.72 Å². The maximum atomic E-state index is 11.6. The molecule has 0 spiro atoms. The minimum Gasteiger partial charge on any atom is -0.369 e. The number of hydrogen-bond donors (Lipinski definition) is 1. The highest BCUT2D eigenvalue weighted by Crippen LogP contribution is 2.28. The van der Waals surface area contributed by atoms with E-state index in [9.17, 15) is 14.9 Å². The lowest BCUT2D eigenvalue weighted by atomic mass is 10.1. The zero-order chi connectivity index (χ0) is 16.1. The number of nitrogens with zero attached hydrogens (tertiary/aromatic N) is 3. The summed E-state index contributed by atoms with van der Waals surface area (Å²) in [7, 11) is 3.28. The van der Waals surface area contributed by atoms with Gasteiger partial charge in [-0.2, -0.15) is 0 Å². The number of carbonyl (C=O) groups excluding carboxylic acids is 1. The number of hydrogen-bond acceptors (Lipinski definition) is 6. The van der Waals surface area contributed by atoms with Gasteiger partial charge in [-0.15, -0.1) is 11.3 Å². The second-order valence-electron chi connectivity index (χ2n) is 4.64. The summed E-state index contributed by atoms with van der Waals surface area (Å²) in [5, 5.41) is 16.6. The molecule has 2 aromatic rings. The van der Waals surface area contributed by atoms with Gasteiger partial charge in [0.1, 0.15) is 5.69 Å². The van der Waals surface area contributed by atoms with Crippen molar-refractivity contribution in [3.05, 3.63) is 50.5 Å². The summed E-state index contributed by atoms with van der Waals surface area (Å²) < 4.78 is 0. The van der Waals surface area contributed by atoms with E-state index in [-0.39, 0.29) is 17.2 Å². The van der Waals surface area contributed by atoms with Gasteiger partial charge in [0.25, 0.3) is 11.6 Å². The molecule has 8 heteroatoms. The van der Waals surface area contributed by atoms with Gasteiger partial charge in [-0.1, -0.05) is 0 Å². The van der Waals surface area contributed by atoms with Gasteiger partial charge >= 0.3 is 0 Å². The SMILES string of the molecule is CNC(=O)c1ccc(N(C)CCc2nccs2)c([N+](=O)[O-])c1. The highest BCUT2D eigenvalue weighted by atomic mass is 32.1. The van der Waals surface area contributed by atoms with Crippen LogP contribution < -0.4 is 10.2 Å². The molecule has 1 amide bonds. The number of likely N-dealkylation sites (N-methyl/N-ethyl adjacent to an activating group) is 1. The number of aromatic nitrogens is 1. The maximum Gasteiger partial charge on any atom is 0.293 e. The summed E-state index contributed by atoms with van der Waals surface area (Å²) in [4.78, 5) is 28.4. The van der Waals surface area contributed by atoms with Crippen molar-refractivity contribution in [1.29, 1.82) is 0 Å². The number of thiazole rings is 1. The molecule has 1 N–H and O–H groups in total. The molecule has 0 bridgehead atoms. The number of nitrogens with one attached hydrogen (secondary N) is 1. The van der Waals surface area contributed by atoms with Crippen LogP contribution in [-0.2, 0) is 6.42 Å². The normalized spacial score (nSPS) is 10.3. The standard InChI is InChI=1S/C14H16N4O3S/c1-15-14(19)10-3-4-11(12(9-10)18(20)21)17(2)7-5-13-16-6-8-22-13/h3-4,6,8-9H,5,7H2,1-2H3,(H,15,19). The third-order valence-electron chi connectivity index (χ3n) is 3.22. The van der Waals surface area contributed by atoms with Crippen molar-refractivity contribution >= 4 is 28.6 Å². The molecule has 2 rings (SSSR count). The molecule has 0 aliphatic heterocycles. The number of benzene rings is 1. The molecule has 0 saturated carbocycles. The van der Waals surface area contributed by atoms with Crippen LogP contribution in [0.3, 0.4) is 0 Å². The Balaban J connectivity index is 2.21. The van der Waals surface area contributed by atoms with E-state index in [0.717, 1.165) is 5.01 Å². The Morgan fingerprint density at radius 2 is 2.27 bits per heavy atom. The second kappa shape index (κ2) is 6.99. The van der Waals surface area contributed by atoms with Crippen LogP contribution in [0.5, 0.6) is 0 Å². The van der Waals surface area contributed by atoms with E-state index in [4.69, 9.17) is 0 Å². The molecular weight excluding hydrogens is 304 g/mol. The molecule has 116 valence electrons. The van der Waals surface area contributed by atoms with Gasteiger partial charge in [-0.25, -0.2) is 4.98 Å². The fraction of sp³-hybridized carbons (Fsp3) is 0.286. The molecule has 0 fully saturated rings. The molecule has 1 aromatic heterocycles. The van der Waals surface area contributed by atoms with Crippen LogP contribution in [-0.4, -0.2) is 36.5 Å². The first kappa shape index (κ1) is 15.9. The quantitative estimate of drug-likeness (QED) is 0.650. The number of anilines is 1.